The minimum atomic E-state index is 0.381. The molecule has 0 aromatic heterocycles. The Hall–Kier alpha value is -0.860. The lowest BCUT2D eigenvalue weighted by Crippen LogP contribution is -2.17. The van der Waals surface area contributed by atoms with E-state index in [0.717, 1.165) is 39.1 Å². The van der Waals surface area contributed by atoms with Gasteiger partial charge in [0.05, 0.1) is 0 Å². The molecule has 0 amide bonds. The molecule has 1 aromatic rings. The molecular formula is C16H27NO. The minimum absolute atomic E-state index is 0.381. The van der Waals surface area contributed by atoms with Gasteiger partial charge in [-0.15, -0.1) is 0 Å². The van der Waals surface area contributed by atoms with Crippen molar-refractivity contribution >= 4 is 0 Å². The summed E-state index contributed by atoms with van der Waals surface area (Å²) in [5, 5.41) is 3.43. The Balaban J connectivity index is 1.90. The van der Waals surface area contributed by atoms with Gasteiger partial charge in [-0.05, 0) is 30.4 Å². The molecule has 1 aromatic carbocycles. The Morgan fingerprint density at radius 2 is 1.78 bits per heavy atom. The first kappa shape index (κ1) is 15.2. The van der Waals surface area contributed by atoms with Gasteiger partial charge in [0.2, 0.25) is 0 Å². The fourth-order valence-corrected chi connectivity index (χ4v) is 1.61. The standard InChI is InChI=1S/C16H27NO/c1-16(2,3)10-13-18-12-7-11-17-14-15-8-5-4-6-9-15/h4-6,8-9,17H,7,10-14H2,1-3H3. The predicted octanol–water partition coefficient (Wildman–Crippen LogP) is 3.62. The lowest BCUT2D eigenvalue weighted by Gasteiger charge is -2.17. The summed E-state index contributed by atoms with van der Waals surface area (Å²) in [4.78, 5) is 0. The van der Waals surface area contributed by atoms with Crippen LogP contribution in [-0.4, -0.2) is 19.8 Å². The molecule has 0 radical (unpaired) electrons. The van der Waals surface area contributed by atoms with Gasteiger partial charge >= 0.3 is 0 Å². The van der Waals surface area contributed by atoms with Crippen molar-refractivity contribution in [2.24, 2.45) is 5.41 Å². The van der Waals surface area contributed by atoms with E-state index in [0.29, 0.717) is 5.41 Å². The predicted molar refractivity (Wildman–Crippen MR) is 77.7 cm³/mol. The van der Waals surface area contributed by atoms with Gasteiger partial charge in [-0.2, -0.15) is 0 Å². The van der Waals surface area contributed by atoms with Crippen LogP contribution in [0.4, 0.5) is 0 Å². The van der Waals surface area contributed by atoms with Crippen LogP contribution in [0, 0.1) is 5.41 Å². The third-order valence-electron chi connectivity index (χ3n) is 2.81. The van der Waals surface area contributed by atoms with E-state index in [1.165, 1.54) is 5.56 Å². The van der Waals surface area contributed by atoms with Crippen LogP contribution >= 0.6 is 0 Å². The lowest BCUT2D eigenvalue weighted by atomic mass is 9.93. The zero-order valence-corrected chi connectivity index (χ0v) is 12.0. The molecule has 0 aliphatic heterocycles. The second kappa shape index (κ2) is 8.28. The van der Waals surface area contributed by atoms with E-state index in [4.69, 9.17) is 4.74 Å². The number of ether oxygens (including phenoxy) is 1. The number of hydrogen-bond donors (Lipinski definition) is 1. The van der Waals surface area contributed by atoms with Crippen molar-refractivity contribution in [3.05, 3.63) is 35.9 Å². The summed E-state index contributed by atoms with van der Waals surface area (Å²) >= 11 is 0. The van der Waals surface area contributed by atoms with E-state index in [2.05, 4.69) is 50.4 Å². The third-order valence-corrected chi connectivity index (χ3v) is 2.81. The molecule has 0 unspecified atom stereocenters. The van der Waals surface area contributed by atoms with Crippen LogP contribution in [0.2, 0.25) is 0 Å². The Bertz CT molecular complexity index is 303. The Morgan fingerprint density at radius 3 is 2.44 bits per heavy atom. The monoisotopic (exact) mass is 249 g/mol. The van der Waals surface area contributed by atoms with Crippen LogP contribution in [-0.2, 0) is 11.3 Å². The molecule has 0 atom stereocenters. The second-order valence-electron chi connectivity index (χ2n) is 5.94. The molecule has 2 nitrogen and oxygen atoms in total. The van der Waals surface area contributed by atoms with Gasteiger partial charge < -0.3 is 10.1 Å². The molecule has 0 spiro atoms. The van der Waals surface area contributed by atoms with E-state index >= 15 is 0 Å². The number of benzene rings is 1. The van der Waals surface area contributed by atoms with Gasteiger partial charge in [0.1, 0.15) is 0 Å². The van der Waals surface area contributed by atoms with E-state index in [9.17, 15) is 0 Å². The van der Waals surface area contributed by atoms with Gasteiger partial charge in [0, 0.05) is 19.8 Å². The van der Waals surface area contributed by atoms with E-state index in [-0.39, 0.29) is 0 Å². The smallest absolute Gasteiger partial charge is 0.0478 e. The summed E-state index contributed by atoms with van der Waals surface area (Å²) in [6.45, 7) is 10.4. The molecule has 102 valence electrons. The average Bonchev–Trinajstić information content (AvgIpc) is 2.32. The van der Waals surface area contributed by atoms with Crippen molar-refractivity contribution in [1.29, 1.82) is 0 Å². The molecule has 0 fully saturated rings. The fraction of sp³-hybridized carbons (Fsp3) is 0.625. The van der Waals surface area contributed by atoms with E-state index < -0.39 is 0 Å². The van der Waals surface area contributed by atoms with Crippen molar-refractivity contribution in [3.63, 3.8) is 0 Å². The highest BCUT2D eigenvalue weighted by atomic mass is 16.5. The number of rotatable bonds is 8. The molecule has 2 heteroatoms. The van der Waals surface area contributed by atoms with Crippen molar-refractivity contribution in [3.8, 4) is 0 Å². The summed E-state index contributed by atoms with van der Waals surface area (Å²) in [7, 11) is 0. The van der Waals surface area contributed by atoms with Crippen LogP contribution in [0.3, 0.4) is 0 Å². The fourth-order valence-electron chi connectivity index (χ4n) is 1.61. The minimum Gasteiger partial charge on any atom is -0.381 e. The SMILES string of the molecule is CC(C)(C)CCOCCCNCc1ccccc1. The molecule has 0 saturated carbocycles. The van der Waals surface area contributed by atoms with Crippen LogP contribution in [0.5, 0.6) is 0 Å². The molecule has 0 aliphatic rings. The largest absolute Gasteiger partial charge is 0.381 e. The summed E-state index contributed by atoms with van der Waals surface area (Å²) < 4.78 is 5.62. The van der Waals surface area contributed by atoms with Crippen LogP contribution in [0.15, 0.2) is 30.3 Å². The first-order valence-corrected chi connectivity index (χ1v) is 6.90. The molecule has 0 bridgehead atoms. The third kappa shape index (κ3) is 8.26. The van der Waals surface area contributed by atoms with Crippen molar-refractivity contribution in [1.82, 2.24) is 5.32 Å². The lowest BCUT2D eigenvalue weighted by molar-refractivity contribution is 0.106. The second-order valence-corrected chi connectivity index (χ2v) is 5.94. The summed E-state index contributed by atoms with van der Waals surface area (Å²) in [5.41, 5.74) is 1.72. The quantitative estimate of drug-likeness (QED) is 0.711. The Kier molecular flexibility index (Phi) is 6.99. The van der Waals surface area contributed by atoms with Crippen molar-refractivity contribution in [2.45, 2.75) is 40.2 Å². The molecule has 1 rings (SSSR count). The first-order valence-electron chi connectivity index (χ1n) is 6.90. The topological polar surface area (TPSA) is 21.3 Å². The highest BCUT2D eigenvalue weighted by Crippen LogP contribution is 2.17. The zero-order chi connectivity index (χ0) is 13.3. The van der Waals surface area contributed by atoms with Crippen molar-refractivity contribution < 1.29 is 4.74 Å². The molecular weight excluding hydrogens is 222 g/mol. The van der Waals surface area contributed by atoms with Crippen LogP contribution in [0.25, 0.3) is 0 Å². The Labute approximate surface area is 112 Å². The summed E-state index contributed by atoms with van der Waals surface area (Å²) in [5.74, 6) is 0. The van der Waals surface area contributed by atoms with Crippen LogP contribution < -0.4 is 5.32 Å². The maximum atomic E-state index is 5.62. The highest BCUT2D eigenvalue weighted by molar-refractivity contribution is 5.14. The first-order chi connectivity index (χ1) is 8.58. The van der Waals surface area contributed by atoms with Gasteiger partial charge in [0.15, 0.2) is 0 Å². The molecule has 1 N–H and O–H groups in total. The average molecular weight is 249 g/mol. The van der Waals surface area contributed by atoms with Crippen molar-refractivity contribution in [2.75, 3.05) is 19.8 Å². The molecule has 18 heavy (non-hydrogen) atoms. The maximum Gasteiger partial charge on any atom is 0.0478 e. The van der Waals surface area contributed by atoms with Gasteiger partial charge in [0.25, 0.3) is 0 Å². The summed E-state index contributed by atoms with van der Waals surface area (Å²) in [6, 6.07) is 10.5. The number of nitrogens with one attached hydrogen (secondary N) is 1. The molecule has 0 heterocycles. The highest BCUT2D eigenvalue weighted by Gasteiger charge is 2.08. The van der Waals surface area contributed by atoms with Gasteiger partial charge in [-0.3, -0.25) is 0 Å². The normalized spacial score (nSPS) is 11.7. The Morgan fingerprint density at radius 1 is 1.06 bits per heavy atom. The van der Waals surface area contributed by atoms with Crippen LogP contribution in [0.1, 0.15) is 39.2 Å². The van der Waals surface area contributed by atoms with Gasteiger partial charge in [-0.25, -0.2) is 0 Å². The molecule has 0 aliphatic carbocycles. The maximum absolute atomic E-state index is 5.62. The summed E-state index contributed by atoms with van der Waals surface area (Å²) in [6.07, 6.45) is 2.21. The zero-order valence-electron chi connectivity index (χ0n) is 12.0. The number of hydrogen-bond acceptors (Lipinski definition) is 2. The van der Waals surface area contributed by atoms with E-state index in [1.807, 2.05) is 6.07 Å². The van der Waals surface area contributed by atoms with E-state index in [1.54, 1.807) is 0 Å². The van der Waals surface area contributed by atoms with Gasteiger partial charge in [-0.1, -0.05) is 51.1 Å². The molecule has 0 saturated heterocycles.